The van der Waals surface area contributed by atoms with Crippen LogP contribution in [-0.2, 0) is 10.3 Å². The maximum absolute atomic E-state index is 14.8. The Morgan fingerprint density at radius 2 is 1.76 bits per heavy atom. The molecule has 5 rings (SSSR count). The third-order valence-corrected chi connectivity index (χ3v) is 5.43. The molecular weight excluding hydrogens is 416 g/mol. The maximum atomic E-state index is 14.8. The highest BCUT2D eigenvalue weighted by Crippen LogP contribution is 2.52. The van der Waals surface area contributed by atoms with E-state index in [2.05, 4.69) is 15.1 Å². The molecule has 2 aromatic carbocycles. The van der Waals surface area contributed by atoms with Crippen LogP contribution in [0.25, 0.3) is 22.6 Å². The fraction of sp³-hybridized carbons (Fsp3) is 0.0952. The van der Waals surface area contributed by atoms with Crippen LogP contribution in [0, 0.1) is 5.82 Å². The van der Waals surface area contributed by atoms with Gasteiger partial charge in [-0.2, -0.15) is 0 Å². The lowest BCUT2D eigenvalue weighted by molar-refractivity contribution is 0.347. The number of hydrogen-bond acceptors (Lipinski definition) is 5. The van der Waals surface area contributed by atoms with Gasteiger partial charge < -0.3 is 9.26 Å². The van der Waals surface area contributed by atoms with Crippen molar-refractivity contribution in [1.82, 2.24) is 15.1 Å². The fourth-order valence-corrected chi connectivity index (χ4v) is 3.77. The Balaban J connectivity index is 1.79. The molecule has 0 bridgehead atoms. The molecule has 29 heavy (non-hydrogen) atoms. The van der Waals surface area contributed by atoms with Gasteiger partial charge in [0.1, 0.15) is 17.8 Å². The summed E-state index contributed by atoms with van der Waals surface area (Å²) in [6, 6.07) is 11.6. The first-order valence-corrected chi connectivity index (χ1v) is 9.46. The number of halogens is 3. The van der Waals surface area contributed by atoms with Crippen LogP contribution in [0.3, 0.4) is 0 Å². The summed E-state index contributed by atoms with van der Waals surface area (Å²) in [5.74, 6) is -0.112. The quantitative estimate of drug-likeness (QED) is 0.401. The first-order chi connectivity index (χ1) is 14.1. The van der Waals surface area contributed by atoms with Gasteiger partial charge in [0.2, 0.25) is 0 Å². The molecule has 4 aromatic rings. The Bertz CT molecular complexity index is 1210. The second-order valence-corrected chi connectivity index (χ2v) is 7.43. The minimum Gasteiger partial charge on any atom is -0.359 e. The molecule has 0 spiro atoms. The van der Waals surface area contributed by atoms with Crippen molar-refractivity contribution < 1.29 is 13.7 Å². The Morgan fingerprint density at radius 3 is 2.45 bits per heavy atom. The highest BCUT2D eigenvalue weighted by molar-refractivity contribution is 6.33. The maximum Gasteiger partial charge on any atom is 0.175 e. The van der Waals surface area contributed by atoms with Crippen molar-refractivity contribution in [1.29, 1.82) is 0 Å². The molecule has 0 N–H and O–H groups in total. The summed E-state index contributed by atoms with van der Waals surface area (Å²) in [4.78, 5) is 8.19. The van der Waals surface area contributed by atoms with Gasteiger partial charge in [-0.25, -0.2) is 14.4 Å². The van der Waals surface area contributed by atoms with E-state index in [0.717, 1.165) is 0 Å². The van der Waals surface area contributed by atoms with Crippen LogP contribution >= 0.6 is 23.2 Å². The molecule has 5 nitrogen and oxygen atoms in total. The molecule has 3 heterocycles. The number of epoxide rings is 1. The fourth-order valence-electron chi connectivity index (χ4n) is 3.39. The van der Waals surface area contributed by atoms with E-state index in [4.69, 9.17) is 32.5 Å². The summed E-state index contributed by atoms with van der Waals surface area (Å²) in [5.41, 5.74) is 1.57. The van der Waals surface area contributed by atoms with Crippen molar-refractivity contribution >= 4 is 23.2 Å². The highest BCUT2D eigenvalue weighted by atomic mass is 35.5. The lowest BCUT2D eigenvalue weighted by Gasteiger charge is -2.14. The van der Waals surface area contributed by atoms with Crippen LogP contribution in [0.15, 0.2) is 65.7 Å². The summed E-state index contributed by atoms with van der Waals surface area (Å²) in [6.07, 6.45) is 4.75. The molecule has 8 heteroatoms. The van der Waals surface area contributed by atoms with Gasteiger partial charge >= 0.3 is 0 Å². The topological polar surface area (TPSA) is 64.3 Å². The minimum atomic E-state index is -0.906. The summed E-state index contributed by atoms with van der Waals surface area (Å²) >= 11 is 12.3. The van der Waals surface area contributed by atoms with E-state index in [1.165, 1.54) is 12.4 Å². The molecule has 0 amide bonds. The standard InChI is InChI=1S/C21H12Cl2FN3O2/c22-13-5-6-15(17(24)7-13)19-18(21(10-28-21)12-8-25-11-26-9-12)20(29-27-19)14-3-1-2-4-16(14)23/h1-9,11H,10H2. The lowest BCUT2D eigenvalue weighted by Crippen LogP contribution is -2.13. The monoisotopic (exact) mass is 427 g/mol. The van der Waals surface area contributed by atoms with Crippen LogP contribution in [0.4, 0.5) is 4.39 Å². The third-order valence-electron chi connectivity index (χ3n) is 4.86. The van der Waals surface area contributed by atoms with Gasteiger partial charge in [0.15, 0.2) is 11.4 Å². The summed E-state index contributed by atoms with van der Waals surface area (Å²) < 4.78 is 26.3. The molecule has 144 valence electrons. The zero-order valence-corrected chi connectivity index (χ0v) is 16.3. The number of hydrogen-bond donors (Lipinski definition) is 0. The van der Waals surface area contributed by atoms with Crippen LogP contribution < -0.4 is 0 Å². The summed E-state index contributed by atoms with van der Waals surface area (Å²) in [5, 5.41) is 4.96. The number of benzene rings is 2. The molecule has 0 saturated carbocycles. The number of ether oxygens (including phenoxy) is 1. The van der Waals surface area contributed by atoms with Crippen molar-refractivity contribution in [2.45, 2.75) is 5.60 Å². The molecule has 1 atom stereocenters. The normalized spacial score (nSPS) is 18.0. The second-order valence-electron chi connectivity index (χ2n) is 6.58. The van der Waals surface area contributed by atoms with Gasteiger partial charge in [-0.1, -0.05) is 40.5 Å². The van der Waals surface area contributed by atoms with E-state index in [9.17, 15) is 4.39 Å². The van der Waals surface area contributed by atoms with Gasteiger partial charge in [-0.05, 0) is 30.3 Å². The Labute approximate surface area is 175 Å². The number of rotatable bonds is 4. The van der Waals surface area contributed by atoms with Crippen molar-refractivity contribution in [3.05, 3.63) is 88.2 Å². The van der Waals surface area contributed by atoms with Crippen LogP contribution in [0.5, 0.6) is 0 Å². The van der Waals surface area contributed by atoms with Crippen LogP contribution in [0.1, 0.15) is 11.1 Å². The highest BCUT2D eigenvalue weighted by Gasteiger charge is 2.54. The van der Waals surface area contributed by atoms with E-state index in [1.54, 1.807) is 30.6 Å². The zero-order valence-electron chi connectivity index (χ0n) is 14.8. The van der Waals surface area contributed by atoms with Crippen molar-refractivity contribution in [3.8, 4) is 22.6 Å². The first kappa shape index (κ1) is 18.2. The minimum absolute atomic E-state index is 0.248. The van der Waals surface area contributed by atoms with E-state index >= 15 is 0 Å². The predicted octanol–water partition coefficient (Wildman–Crippen LogP) is 5.52. The van der Waals surface area contributed by atoms with E-state index in [1.807, 2.05) is 18.2 Å². The van der Waals surface area contributed by atoms with E-state index in [-0.39, 0.29) is 10.6 Å². The first-order valence-electron chi connectivity index (χ1n) is 8.70. The molecule has 0 aliphatic carbocycles. The number of nitrogens with zero attached hydrogens (tertiary/aromatic N) is 3. The third kappa shape index (κ3) is 3.00. The average molecular weight is 428 g/mol. The molecular formula is C21H12Cl2FN3O2. The van der Waals surface area contributed by atoms with Gasteiger partial charge in [0.25, 0.3) is 0 Å². The number of aromatic nitrogens is 3. The second kappa shape index (κ2) is 6.91. The Morgan fingerprint density at radius 1 is 1.00 bits per heavy atom. The van der Waals surface area contributed by atoms with Crippen molar-refractivity contribution in [3.63, 3.8) is 0 Å². The van der Waals surface area contributed by atoms with Gasteiger partial charge in [0.05, 0.1) is 17.2 Å². The molecule has 2 aromatic heterocycles. The molecule has 1 fully saturated rings. The molecule has 1 aliphatic rings. The summed E-state index contributed by atoms with van der Waals surface area (Å²) in [7, 11) is 0. The van der Waals surface area contributed by atoms with Crippen molar-refractivity contribution in [2.75, 3.05) is 6.61 Å². The zero-order chi connectivity index (χ0) is 20.0. The Kier molecular flexibility index (Phi) is 4.35. The summed E-state index contributed by atoms with van der Waals surface area (Å²) in [6.45, 7) is 0.348. The predicted molar refractivity (Wildman–Crippen MR) is 106 cm³/mol. The molecule has 0 radical (unpaired) electrons. The van der Waals surface area contributed by atoms with Crippen LogP contribution in [0.2, 0.25) is 10.0 Å². The van der Waals surface area contributed by atoms with Gasteiger partial charge in [-0.3, -0.25) is 0 Å². The van der Waals surface area contributed by atoms with Gasteiger partial charge in [-0.15, -0.1) is 0 Å². The largest absolute Gasteiger partial charge is 0.359 e. The van der Waals surface area contributed by atoms with Crippen molar-refractivity contribution in [2.24, 2.45) is 0 Å². The molecule has 1 aliphatic heterocycles. The molecule has 1 saturated heterocycles. The van der Waals surface area contributed by atoms with E-state index in [0.29, 0.717) is 39.8 Å². The smallest absolute Gasteiger partial charge is 0.175 e. The molecule has 1 unspecified atom stereocenters. The SMILES string of the molecule is Fc1cc(Cl)ccc1-c1noc(-c2ccccc2Cl)c1C1(c2cncnc2)CO1. The Hall–Kier alpha value is -2.80. The average Bonchev–Trinajstić information content (AvgIpc) is 3.42. The van der Waals surface area contributed by atoms with E-state index < -0.39 is 11.4 Å². The van der Waals surface area contributed by atoms with Gasteiger partial charge in [0, 0.05) is 34.1 Å². The van der Waals surface area contributed by atoms with Crippen LogP contribution in [-0.4, -0.2) is 21.7 Å². The lowest BCUT2D eigenvalue weighted by atomic mass is 9.88.